The van der Waals surface area contributed by atoms with E-state index in [2.05, 4.69) is 16.0 Å². The molecule has 6 nitrogen and oxygen atoms in total. The average molecular weight is 313 g/mol. The second kappa shape index (κ2) is 12.3. The number of carbonyl (C=O) groups is 3. The Morgan fingerprint density at radius 2 is 1.59 bits per heavy atom. The second-order valence-electron chi connectivity index (χ2n) is 5.85. The van der Waals surface area contributed by atoms with Crippen LogP contribution in [0.1, 0.15) is 52.4 Å². The van der Waals surface area contributed by atoms with E-state index >= 15 is 0 Å². The van der Waals surface area contributed by atoms with Gasteiger partial charge in [-0.2, -0.15) is 0 Å². The Balaban J connectivity index is 4.33. The van der Waals surface area contributed by atoms with E-state index in [1.54, 1.807) is 0 Å². The third kappa shape index (κ3) is 11.4. The lowest BCUT2D eigenvalue weighted by atomic mass is 10.0. The molecule has 0 aliphatic rings. The van der Waals surface area contributed by atoms with Gasteiger partial charge >= 0.3 is 0 Å². The fourth-order valence-electron chi connectivity index (χ4n) is 2.33. The van der Waals surface area contributed by atoms with E-state index < -0.39 is 0 Å². The van der Waals surface area contributed by atoms with E-state index in [0.29, 0.717) is 19.3 Å². The van der Waals surface area contributed by atoms with Crippen LogP contribution in [0.5, 0.6) is 0 Å². The molecule has 2 unspecified atom stereocenters. The highest BCUT2D eigenvalue weighted by atomic mass is 16.2. The van der Waals surface area contributed by atoms with E-state index in [-0.39, 0.29) is 36.0 Å². The fraction of sp³-hybridized carbons (Fsp3) is 0.812. The van der Waals surface area contributed by atoms with Crippen molar-refractivity contribution in [3.05, 3.63) is 0 Å². The molecular weight excluding hydrogens is 282 g/mol. The first kappa shape index (κ1) is 20.7. The smallest absolute Gasteiger partial charge is 0.221 e. The highest BCUT2D eigenvalue weighted by molar-refractivity contribution is 5.80. The van der Waals surface area contributed by atoms with Crippen molar-refractivity contribution in [2.24, 2.45) is 0 Å². The summed E-state index contributed by atoms with van der Waals surface area (Å²) in [5.74, 6) is 0.0228. The van der Waals surface area contributed by atoms with Gasteiger partial charge in [0.2, 0.25) is 5.91 Å². The van der Waals surface area contributed by atoms with E-state index in [0.717, 1.165) is 19.4 Å². The zero-order chi connectivity index (χ0) is 17.0. The van der Waals surface area contributed by atoms with Crippen molar-refractivity contribution in [3.63, 3.8) is 0 Å². The number of hydrogen-bond acceptors (Lipinski definition) is 5. The molecule has 6 heteroatoms. The molecule has 0 saturated carbocycles. The molecule has 0 bridgehead atoms. The van der Waals surface area contributed by atoms with E-state index in [4.69, 9.17) is 0 Å². The zero-order valence-corrected chi connectivity index (χ0v) is 14.3. The third-order valence-electron chi connectivity index (χ3n) is 3.56. The lowest BCUT2D eigenvalue weighted by molar-refractivity contribution is -0.124. The molecule has 2 atom stereocenters. The molecule has 128 valence electrons. The van der Waals surface area contributed by atoms with Crippen LogP contribution in [0.25, 0.3) is 0 Å². The van der Waals surface area contributed by atoms with Crippen molar-refractivity contribution >= 4 is 17.5 Å². The number of amides is 1. The molecule has 0 aromatic carbocycles. The maximum absolute atomic E-state index is 12.1. The van der Waals surface area contributed by atoms with E-state index in [9.17, 15) is 14.4 Å². The molecular formula is C16H31N3O3. The fourth-order valence-corrected chi connectivity index (χ4v) is 2.33. The van der Waals surface area contributed by atoms with Crippen LogP contribution in [0.3, 0.4) is 0 Å². The topological polar surface area (TPSA) is 87.3 Å². The highest BCUT2D eigenvalue weighted by Gasteiger charge is 2.17. The summed E-state index contributed by atoms with van der Waals surface area (Å²) < 4.78 is 0. The Hall–Kier alpha value is -1.27. The zero-order valence-electron chi connectivity index (χ0n) is 14.3. The minimum atomic E-state index is -0.247. The van der Waals surface area contributed by atoms with Crippen LogP contribution in [0, 0.1) is 0 Å². The molecule has 0 aliphatic heterocycles. The molecule has 22 heavy (non-hydrogen) atoms. The van der Waals surface area contributed by atoms with Gasteiger partial charge in [0.25, 0.3) is 0 Å². The maximum atomic E-state index is 12.1. The molecule has 0 spiro atoms. The van der Waals surface area contributed by atoms with Gasteiger partial charge in [0.05, 0.1) is 0 Å². The monoisotopic (exact) mass is 313 g/mol. The van der Waals surface area contributed by atoms with Crippen LogP contribution in [0.15, 0.2) is 0 Å². The Morgan fingerprint density at radius 1 is 0.909 bits per heavy atom. The van der Waals surface area contributed by atoms with Crippen molar-refractivity contribution in [3.8, 4) is 0 Å². The molecule has 0 heterocycles. The summed E-state index contributed by atoms with van der Waals surface area (Å²) in [7, 11) is 3.75. The van der Waals surface area contributed by atoms with Crippen LogP contribution in [-0.2, 0) is 14.4 Å². The van der Waals surface area contributed by atoms with E-state index in [1.807, 2.05) is 14.1 Å². The summed E-state index contributed by atoms with van der Waals surface area (Å²) in [6, 6.07) is -0.122. The van der Waals surface area contributed by atoms with Gasteiger partial charge in [0, 0.05) is 31.3 Å². The quantitative estimate of drug-likeness (QED) is 0.438. The molecule has 0 aromatic heterocycles. The lowest BCUT2D eigenvalue weighted by Crippen LogP contribution is -2.40. The molecule has 0 aliphatic carbocycles. The van der Waals surface area contributed by atoms with Gasteiger partial charge in [0.1, 0.15) is 11.6 Å². The van der Waals surface area contributed by atoms with Gasteiger partial charge in [-0.3, -0.25) is 9.59 Å². The van der Waals surface area contributed by atoms with Gasteiger partial charge < -0.3 is 20.7 Å². The normalized spacial score (nSPS) is 13.5. The van der Waals surface area contributed by atoms with Gasteiger partial charge in [-0.15, -0.1) is 0 Å². The van der Waals surface area contributed by atoms with Crippen molar-refractivity contribution in [1.82, 2.24) is 16.0 Å². The summed E-state index contributed by atoms with van der Waals surface area (Å²) in [5, 5.41) is 9.12. The molecule has 0 saturated heterocycles. The molecule has 0 rings (SSSR count). The minimum absolute atomic E-state index is 0.0213. The van der Waals surface area contributed by atoms with Crippen LogP contribution >= 0.6 is 0 Å². The van der Waals surface area contributed by atoms with Crippen LogP contribution in [0.4, 0.5) is 0 Å². The Morgan fingerprint density at radius 3 is 2.09 bits per heavy atom. The second-order valence-corrected chi connectivity index (χ2v) is 5.85. The van der Waals surface area contributed by atoms with Crippen molar-refractivity contribution < 1.29 is 14.4 Å². The molecule has 1 amide bonds. The van der Waals surface area contributed by atoms with Gasteiger partial charge in [-0.25, -0.2) is 0 Å². The summed E-state index contributed by atoms with van der Waals surface area (Å²) >= 11 is 0. The Bertz CT molecular complexity index is 359. The summed E-state index contributed by atoms with van der Waals surface area (Å²) in [6.07, 6.45) is 3.48. The maximum Gasteiger partial charge on any atom is 0.221 e. The SMILES string of the molecule is CNCCCC(CC(=O)NC(CCC(C)=O)CC(C)=O)NC. The number of nitrogens with one attached hydrogen (secondary N) is 3. The number of Topliss-reactive ketones (excluding diaryl/α,β-unsaturated/α-hetero) is 2. The largest absolute Gasteiger partial charge is 0.353 e. The number of hydrogen-bond donors (Lipinski definition) is 3. The van der Waals surface area contributed by atoms with Crippen LogP contribution < -0.4 is 16.0 Å². The first-order chi connectivity index (χ1) is 10.4. The van der Waals surface area contributed by atoms with Crippen molar-refractivity contribution in [2.75, 3.05) is 20.6 Å². The van der Waals surface area contributed by atoms with Crippen molar-refractivity contribution in [2.45, 2.75) is 64.5 Å². The van der Waals surface area contributed by atoms with Crippen molar-refractivity contribution in [1.29, 1.82) is 0 Å². The third-order valence-corrected chi connectivity index (χ3v) is 3.56. The Labute approximate surface area is 133 Å². The summed E-state index contributed by atoms with van der Waals surface area (Å²) in [6.45, 7) is 3.94. The molecule has 3 N–H and O–H groups in total. The number of rotatable bonds is 13. The van der Waals surface area contributed by atoms with Gasteiger partial charge in [-0.1, -0.05) is 0 Å². The van der Waals surface area contributed by atoms with Crippen LogP contribution in [0.2, 0.25) is 0 Å². The molecule has 0 radical (unpaired) electrons. The predicted molar refractivity (Wildman–Crippen MR) is 87.8 cm³/mol. The number of carbonyl (C=O) groups excluding carboxylic acids is 3. The average Bonchev–Trinajstić information content (AvgIpc) is 2.43. The van der Waals surface area contributed by atoms with Gasteiger partial charge in [-0.05, 0) is 53.8 Å². The highest BCUT2D eigenvalue weighted by Crippen LogP contribution is 2.06. The first-order valence-electron chi connectivity index (χ1n) is 7.99. The molecule has 0 fully saturated rings. The van der Waals surface area contributed by atoms with Crippen LogP contribution in [-0.4, -0.2) is 50.2 Å². The standard InChI is InChI=1S/C16H31N3O3/c1-12(20)7-8-15(10-13(2)21)19-16(22)11-14(18-4)6-5-9-17-3/h14-15,17-18H,5-11H2,1-4H3,(H,19,22). The summed E-state index contributed by atoms with van der Waals surface area (Å²) in [5.41, 5.74) is 0. The predicted octanol–water partition coefficient (Wildman–Crippen LogP) is 0.797. The van der Waals surface area contributed by atoms with E-state index in [1.165, 1.54) is 13.8 Å². The number of ketones is 2. The summed E-state index contributed by atoms with van der Waals surface area (Å²) in [4.78, 5) is 34.5. The Kier molecular flexibility index (Phi) is 11.6. The minimum Gasteiger partial charge on any atom is -0.353 e. The molecule has 0 aromatic rings. The van der Waals surface area contributed by atoms with Gasteiger partial charge in [0.15, 0.2) is 0 Å². The first-order valence-corrected chi connectivity index (χ1v) is 7.99. The lowest BCUT2D eigenvalue weighted by Gasteiger charge is -2.20.